The summed E-state index contributed by atoms with van der Waals surface area (Å²) in [4.78, 5) is 4.64. The number of aryl methyl sites for hydroxylation is 2. The van der Waals surface area contributed by atoms with E-state index in [0.717, 1.165) is 5.69 Å². The third-order valence-electron chi connectivity index (χ3n) is 3.45. The van der Waals surface area contributed by atoms with E-state index >= 15 is 0 Å². The molecule has 1 heterocycles. The minimum atomic E-state index is 1.09. The zero-order valence-corrected chi connectivity index (χ0v) is 10.6. The van der Waals surface area contributed by atoms with Crippen molar-refractivity contribution in [3.8, 4) is 11.3 Å². The van der Waals surface area contributed by atoms with Crippen LogP contribution in [0.1, 0.15) is 11.1 Å². The molecule has 1 heteroatoms. The van der Waals surface area contributed by atoms with Gasteiger partial charge in [-0.15, -0.1) is 0 Å². The Labute approximate surface area is 107 Å². The predicted molar refractivity (Wildman–Crippen MR) is 76.7 cm³/mol. The summed E-state index contributed by atoms with van der Waals surface area (Å²) < 4.78 is 0. The van der Waals surface area contributed by atoms with Gasteiger partial charge in [0.1, 0.15) is 0 Å². The van der Waals surface area contributed by atoms with Crippen molar-refractivity contribution in [3.63, 3.8) is 0 Å². The fraction of sp³-hybridized carbons (Fsp3) is 0.118. The second-order valence-electron chi connectivity index (χ2n) is 4.63. The molecule has 0 aliphatic carbocycles. The van der Waals surface area contributed by atoms with Crippen LogP contribution in [0.15, 0.2) is 54.7 Å². The van der Waals surface area contributed by atoms with E-state index in [-0.39, 0.29) is 0 Å². The maximum absolute atomic E-state index is 4.64. The highest BCUT2D eigenvalue weighted by Gasteiger charge is 2.08. The summed E-state index contributed by atoms with van der Waals surface area (Å²) in [5.41, 5.74) is 4.83. The molecule has 3 aromatic rings. The van der Waals surface area contributed by atoms with E-state index in [4.69, 9.17) is 0 Å². The average Bonchev–Trinajstić information content (AvgIpc) is 2.41. The molecule has 2 aromatic carbocycles. The molecule has 0 atom stereocenters. The molecular weight excluding hydrogens is 218 g/mol. The van der Waals surface area contributed by atoms with E-state index in [1.807, 2.05) is 6.20 Å². The third-order valence-corrected chi connectivity index (χ3v) is 3.45. The summed E-state index contributed by atoms with van der Waals surface area (Å²) in [7, 11) is 0. The van der Waals surface area contributed by atoms with Crippen LogP contribution in [0.5, 0.6) is 0 Å². The Morgan fingerprint density at radius 3 is 2.39 bits per heavy atom. The SMILES string of the molecule is Cc1ccccc1-c1ncc2ccccc2c1C. The lowest BCUT2D eigenvalue weighted by Crippen LogP contribution is -1.92. The first-order valence-electron chi connectivity index (χ1n) is 6.18. The highest BCUT2D eigenvalue weighted by Crippen LogP contribution is 2.29. The van der Waals surface area contributed by atoms with Gasteiger partial charge in [-0.2, -0.15) is 0 Å². The number of pyridine rings is 1. The normalized spacial score (nSPS) is 10.8. The predicted octanol–water partition coefficient (Wildman–Crippen LogP) is 4.52. The molecule has 0 bridgehead atoms. The molecule has 1 nitrogen and oxygen atoms in total. The Morgan fingerprint density at radius 2 is 1.56 bits per heavy atom. The molecule has 88 valence electrons. The van der Waals surface area contributed by atoms with Gasteiger partial charge >= 0.3 is 0 Å². The van der Waals surface area contributed by atoms with E-state index in [1.165, 1.54) is 27.5 Å². The minimum Gasteiger partial charge on any atom is -0.255 e. The van der Waals surface area contributed by atoms with E-state index in [1.54, 1.807) is 0 Å². The second kappa shape index (κ2) is 4.26. The lowest BCUT2D eigenvalue weighted by molar-refractivity contribution is 1.29. The molecule has 0 aliphatic rings. The van der Waals surface area contributed by atoms with Crippen LogP contribution >= 0.6 is 0 Å². The first-order chi connectivity index (χ1) is 8.77. The zero-order valence-electron chi connectivity index (χ0n) is 10.6. The van der Waals surface area contributed by atoms with Gasteiger partial charge in [0, 0.05) is 17.1 Å². The molecule has 0 N–H and O–H groups in total. The van der Waals surface area contributed by atoms with Crippen molar-refractivity contribution < 1.29 is 0 Å². The Bertz CT molecular complexity index is 714. The standard InChI is InChI=1S/C17H15N/c1-12-7-3-5-9-15(12)17-13(2)16-10-6-4-8-14(16)11-18-17/h3-11H,1-2H3. The maximum Gasteiger partial charge on any atom is 0.0740 e. The van der Waals surface area contributed by atoms with Crippen molar-refractivity contribution in [2.75, 3.05) is 0 Å². The summed E-state index contributed by atoms with van der Waals surface area (Å²) in [5, 5.41) is 2.48. The summed E-state index contributed by atoms with van der Waals surface area (Å²) in [6.07, 6.45) is 1.96. The van der Waals surface area contributed by atoms with Crippen molar-refractivity contribution in [1.29, 1.82) is 0 Å². The summed E-state index contributed by atoms with van der Waals surface area (Å²) >= 11 is 0. The third kappa shape index (κ3) is 1.68. The van der Waals surface area contributed by atoms with E-state index < -0.39 is 0 Å². The van der Waals surface area contributed by atoms with Gasteiger partial charge in [0.15, 0.2) is 0 Å². The van der Waals surface area contributed by atoms with Crippen molar-refractivity contribution in [2.24, 2.45) is 0 Å². The fourth-order valence-electron chi connectivity index (χ4n) is 2.42. The highest BCUT2D eigenvalue weighted by molar-refractivity contribution is 5.89. The van der Waals surface area contributed by atoms with Gasteiger partial charge < -0.3 is 0 Å². The van der Waals surface area contributed by atoms with Crippen molar-refractivity contribution in [3.05, 3.63) is 65.9 Å². The summed E-state index contributed by atoms with van der Waals surface area (Å²) in [6.45, 7) is 4.28. The molecular formula is C17H15N. The molecule has 0 spiro atoms. The number of nitrogens with zero attached hydrogens (tertiary/aromatic N) is 1. The number of hydrogen-bond donors (Lipinski definition) is 0. The number of aromatic nitrogens is 1. The quantitative estimate of drug-likeness (QED) is 0.602. The monoisotopic (exact) mass is 233 g/mol. The van der Waals surface area contributed by atoms with E-state index in [2.05, 4.69) is 67.4 Å². The number of benzene rings is 2. The van der Waals surface area contributed by atoms with Crippen LogP contribution in [0.4, 0.5) is 0 Å². The van der Waals surface area contributed by atoms with Gasteiger partial charge in [-0.05, 0) is 30.4 Å². The number of fused-ring (bicyclic) bond motifs is 1. The van der Waals surface area contributed by atoms with Crippen molar-refractivity contribution >= 4 is 10.8 Å². The van der Waals surface area contributed by atoms with Crippen LogP contribution < -0.4 is 0 Å². The molecule has 0 fully saturated rings. The molecule has 18 heavy (non-hydrogen) atoms. The van der Waals surface area contributed by atoms with Gasteiger partial charge in [0.05, 0.1) is 5.69 Å². The Balaban J connectivity index is 2.31. The fourth-order valence-corrected chi connectivity index (χ4v) is 2.42. The van der Waals surface area contributed by atoms with Crippen LogP contribution in [0.3, 0.4) is 0 Å². The number of rotatable bonds is 1. The molecule has 0 amide bonds. The summed E-state index contributed by atoms with van der Waals surface area (Å²) in [6, 6.07) is 16.8. The second-order valence-corrected chi connectivity index (χ2v) is 4.63. The van der Waals surface area contributed by atoms with Gasteiger partial charge in [-0.3, -0.25) is 4.98 Å². The van der Waals surface area contributed by atoms with E-state index in [0.29, 0.717) is 0 Å². The van der Waals surface area contributed by atoms with Crippen LogP contribution in [0.2, 0.25) is 0 Å². The molecule has 1 aromatic heterocycles. The first-order valence-corrected chi connectivity index (χ1v) is 6.18. The topological polar surface area (TPSA) is 12.9 Å². The van der Waals surface area contributed by atoms with Crippen molar-refractivity contribution in [2.45, 2.75) is 13.8 Å². The molecule has 0 radical (unpaired) electrons. The van der Waals surface area contributed by atoms with Gasteiger partial charge in [0.2, 0.25) is 0 Å². The van der Waals surface area contributed by atoms with Gasteiger partial charge in [-0.1, -0.05) is 48.5 Å². The number of hydrogen-bond acceptors (Lipinski definition) is 1. The molecule has 0 saturated carbocycles. The molecule has 0 unspecified atom stereocenters. The lowest BCUT2D eigenvalue weighted by atomic mass is 9.98. The lowest BCUT2D eigenvalue weighted by Gasteiger charge is -2.10. The van der Waals surface area contributed by atoms with Gasteiger partial charge in [-0.25, -0.2) is 0 Å². The average molecular weight is 233 g/mol. The van der Waals surface area contributed by atoms with Gasteiger partial charge in [0.25, 0.3) is 0 Å². The first kappa shape index (κ1) is 11.0. The highest BCUT2D eigenvalue weighted by atomic mass is 14.7. The molecule has 0 saturated heterocycles. The maximum atomic E-state index is 4.64. The molecule has 0 aliphatic heterocycles. The summed E-state index contributed by atoms with van der Waals surface area (Å²) in [5.74, 6) is 0. The smallest absolute Gasteiger partial charge is 0.0740 e. The Morgan fingerprint density at radius 1 is 0.833 bits per heavy atom. The van der Waals surface area contributed by atoms with E-state index in [9.17, 15) is 0 Å². The van der Waals surface area contributed by atoms with Crippen LogP contribution in [0, 0.1) is 13.8 Å². The van der Waals surface area contributed by atoms with Crippen LogP contribution in [0.25, 0.3) is 22.0 Å². The van der Waals surface area contributed by atoms with Crippen molar-refractivity contribution in [1.82, 2.24) is 4.98 Å². The Hall–Kier alpha value is -2.15. The minimum absolute atomic E-state index is 1.09. The Kier molecular flexibility index (Phi) is 2.60. The largest absolute Gasteiger partial charge is 0.255 e. The van der Waals surface area contributed by atoms with Crippen LogP contribution in [-0.2, 0) is 0 Å². The van der Waals surface area contributed by atoms with Crippen LogP contribution in [-0.4, -0.2) is 4.98 Å². The molecule has 3 rings (SSSR count). The zero-order chi connectivity index (χ0) is 12.5.